The van der Waals surface area contributed by atoms with E-state index in [1.165, 1.54) is 0 Å². The first-order valence-electron chi connectivity index (χ1n) is 2.20. The molecule has 0 aromatic carbocycles. The summed E-state index contributed by atoms with van der Waals surface area (Å²) in [5.74, 6) is -1.51. The summed E-state index contributed by atoms with van der Waals surface area (Å²) in [6.07, 6.45) is 0. The number of carbonyl (C=O) groups is 1. The zero-order chi connectivity index (χ0) is 6.08. The second kappa shape index (κ2) is 0.875. The van der Waals surface area contributed by atoms with Gasteiger partial charge >= 0.3 is 0 Å². The maximum absolute atomic E-state index is 9.57. The molecular formula is C2H4NO. The summed E-state index contributed by atoms with van der Waals surface area (Å²) >= 11 is 0. The van der Waals surface area contributed by atoms with Crippen molar-refractivity contribution in [2.24, 2.45) is 0 Å². The third-order valence-corrected chi connectivity index (χ3v) is 0. The summed E-state index contributed by atoms with van der Waals surface area (Å²) in [4.78, 5) is 9.57. The SMILES string of the molecule is [2H]C([2H])([2H])C([NH])=O. The first-order chi connectivity index (χ1) is 2.94. The Kier molecular flexibility index (Phi) is 0.155. The predicted molar refractivity (Wildman–Crippen MR) is 13.8 cm³/mol. The van der Waals surface area contributed by atoms with Gasteiger partial charge in [-0.25, -0.2) is 0 Å². The lowest BCUT2D eigenvalue weighted by Gasteiger charge is -1.56. The first-order valence-corrected chi connectivity index (χ1v) is 0.704. The molecule has 0 aliphatic rings. The van der Waals surface area contributed by atoms with Crippen LogP contribution in [0.3, 0.4) is 0 Å². The molecule has 0 rings (SSSR count). The van der Waals surface area contributed by atoms with Crippen LogP contribution in [0.1, 0.15) is 11.0 Å². The van der Waals surface area contributed by atoms with Gasteiger partial charge in [-0.15, -0.1) is 0 Å². The van der Waals surface area contributed by atoms with Gasteiger partial charge in [-0.3, -0.25) is 10.5 Å². The van der Waals surface area contributed by atoms with E-state index in [1.54, 1.807) is 0 Å². The molecule has 23 valence electrons. The Morgan fingerprint density at radius 2 is 2.75 bits per heavy atom. The van der Waals surface area contributed by atoms with E-state index in [0.717, 1.165) is 0 Å². The van der Waals surface area contributed by atoms with E-state index in [4.69, 9.17) is 9.85 Å². The first kappa shape index (κ1) is 0.708. The molecule has 0 aliphatic heterocycles. The number of hydrogen-bond donors (Lipinski definition) is 0. The van der Waals surface area contributed by atoms with E-state index in [0.29, 0.717) is 0 Å². The summed E-state index contributed by atoms with van der Waals surface area (Å²) in [6, 6.07) is 0. The van der Waals surface area contributed by atoms with Gasteiger partial charge in [-0.05, 0) is 0 Å². The van der Waals surface area contributed by atoms with Gasteiger partial charge in [0.25, 0.3) is 0 Å². The summed E-state index contributed by atoms with van der Waals surface area (Å²) in [7, 11) is 0. The minimum Gasteiger partial charge on any atom is -0.274 e. The molecule has 0 saturated heterocycles. The highest BCUT2D eigenvalue weighted by Crippen LogP contribution is 1.39. The predicted octanol–water partition coefficient (Wildman–Crippen LogP) is -0.184. The van der Waals surface area contributed by atoms with Crippen molar-refractivity contribution in [2.45, 2.75) is 6.85 Å². The van der Waals surface area contributed by atoms with Crippen LogP contribution in [0, 0.1) is 0 Å². The molecule has 2 heteroatoms. The van der Waals surface area contributed by atoms with Crippen molar-refractivity contribution in [3.05, 3.63) is 0 Å². The third-order valence-electron chi connectivity index (χ3n) is 0. The smallest absolute Gasteiger partial charge is 0.235 e. The van der Waals surface area contributed by atoms with Crippen LogP contribution in [0.15, 0.2) is 0 Å². The molecular weight excluding hydrogens is 54.0 g/mol. The number of hydrogen-bond acceptors (Lipinski definition) is 1. The third kappa shape index (κ3) is 1.16. The van der Waals surface area contributed by atoms with Crippen molar-refractivity contribution in [1.82, 2.24) is 5.73 Å². The molecule has 0 aliphatic carbocycles. The van der Waals surface area contributed by atoms with Crippen molar-refractivity contribution in [2.75, 3.05) is 0 Å². The van der Waals surface area contributed by atoms with Crippen LogP contribution in [0.4, 0.5) is 0 Å². The van der Waals surface area contributed by atoms with Gasteiger partial charge in [0.05, 0.1) is 0 Å². The number of nitrogens with one attached hydrogen (secondary N) is 1. The molecule has 1 N–H and O–H groups in total. The molecule has 4 heavy (non-hydrogen) atoms. The maximum atomic E-state index is 9.57. The van der Waals surface area contributed by atoms with Crippen LogP contribution < -0.4 is 5.73 Å². The summed E-state index contributed by atoms with van der Waals surface area (Å²) in [5, 5.41) is 0. The summed E-state index contributed by atoms with van der Waals surface area (Å²) < 4.78 is 18.5. The highest BCUT2D eigenvalue weighted by molar-refractivity contribution is 5.69. The quantitative estimate of drug-likeness (QED) is 0.383. The van der Waals surface area contributed by atoms with Crippen LogP contribution in [-0.2, 0) is 4.79 Å². The van der Waals surface area contributed by atoms with E-state index < -0.39 is 12.8 Å². The standard InChI is InChI=1S/C2H4NO/c1-2(3)4/h3H,1H3/i1D3. The average molecular weight is 61.1 g/mol. The fraction of sp³-hybridized carbons (Fsp3) is 0.500. The zero-order valence-electron chi connectivity index (χ0n) is 4.91. The maximum Gasteiger partial charge on any atom is 0.235 e. The van der Waals surface area contributed by atoms with E-state index in [-0.39, 0.29) is 0 Å². The Morgan fingerprint density at radius 3 is 2.75 bits per heavy atom. The Labute approximate surface area is 28.8 Å². The second-order valence-electron chi connectivity index (χ2n) is 0.329. The molecule has 0 atom stereocenters. The molecule has 0 saturated carbocycles. The molecule has 0 heterocycles. The molecule has 0 spiro atoms. The van der Waals surface area contributed by atoms with E-state index in [2.05, 4.69) is 0 Å². The van der Waals surface area contributed by atoms with Crippen LogP contribution in [-0.4, -0.2) is 5.91 Å². The number of amides is 1. The van der Waals surface area contributed by atoms with Gasteiger partial charge in [-0.1, -0.05) is 0 Å². The lowest BCUT2D eigenvalue weighted by Crippen LogP contribution is -1.83. The van der Waals surface area contributed by atoms with Gasteiger partial charge < -0.3 is 0 Å². The van der Waals surface area contributed by atoms with E-state index >= 15 is 0 Å². The molecule has 0 bridgehead atoms. The number of rotatable bonds is 0. The normalized spacial score (nSPS) is 20.5. The Balaban J connectivity index is 3.79. The van der Waals surface area contributed by atoms with Crippen LogP contribution in [0.2, 0.25) is 0 Å². The minimum atomic E-state index is -2.72. The van der Waals surface area contributed by atoms with Crippen LogP contribution >= 0.6 is 0 Å². The van der Waals surface area contributed by atoms with Gasteiger partial charge in [0.1, 0.15) is 0 Å². The second-order valence-corrected chi connectivity index (χ2v) is 0.329. The van der Waals surface area contributed by atoms with Crippen LogP contribution in [0.25, 0.3) is 0 Å². The van der Waals surface area contributed by atoms with Crippen molar-refractivity contribution in [1.29, 1.82) is 0 Å². The molecule has 0 aromatic heterocycles. The van der Waals surface area contributed by atoms with Gasteiger partial charge in [0, 0.05) is 11.0 Å². The number of carbonyl (C=O) groups excluding carboxylic acids is 1. The molecule has 0 unspecified atom stereocenters. The highest BCUT2D eigenvalue weighted by Gasteiger charge is 1.64. The van der Waals surface area contributed by atoms with Crippen molar-refractivity contribution in [3.63, 3.8) is 0 Å². The summed E-state index contributed by atoms with van der Waals surface area (Å²) in [6.45, 7) is -2.72. The topological polar surface area (TPSA) is 40.9 Å². The Hall–Kier alpha value is -0.530. The molecule has 0 aromatic rings. The zero-order valence-corrected chi connectivity index (χ0v) is 1.91. The fourth-order valence-corrected chi connectivity index (χ4v) is 0. The van der Waals surface area contributed by atoms with Crippen molar-refractivity contribution in [3.8, 4) is 0 Å². The summed E-state index contributed by atoms with van der Waals surface area (Å²) in [5.41, 5.74) is 6.03. The van der Waals surface area contributed by atoms with Crippen LogP contribution in [0.5, 0.6) is 0 Å². The van der Waals surface area contributed by atoms with E-state index in [1.807, 2.05) is 0 Å². The minimum absolute atomic E-state index is 1.51. The van der Waals surface area contributed by atoms with Crippen molar-refractivity contribution >= 4 is 5.91 Å². The average Bonchev–Trinajstić information content (AvgIpc) is 1.31. The lowest BCUT2D eigenvalue weighted by molar-refractivity contribution is -0.116. The lowest BCUT2D eigenvalue weighted by atomic mass is 10.8. The molecule has 2 nitrogen and oxygen atoms in total. The van der Waals surface area contributed by atoms with Gasteiger partial charge in [0.2, 0.25) is 5.91 Å². The Morgan fingerprint density at radius 1 is 2.50 bits per heavy atom. The van der Waals surface area contributed by atoms with Gasteiger partial charge in [-0.2, -0.15) is 0 Å². The molecule has 1 radical (unpaired) electrons. The largest absolute Gasteiger partial charge is 0.274 e. The Bertz CT molecular complexity index is 85.4. The fourth-order valence-electron chi connectivity index (χ4n) is 0. The van der Waals surface area contributed by atoms with Gasteiger partial charge in [0.15, 0.2) is 0 Å². The molecule has 1 amide bonds. The van der Waals surface area contributed by atoms with E-state index in [9.17, 15) is 4.79 Å². The highest BCUT2D eigenvalue weighted by atomic mass is 16.1. The monoisotopic (exact) mass is 61.0 g/mol. The van der Waals surface area contributed by atoms with Crippen molar-refractivity contribution < 1.29 is 8.91 Å². The molecule has 0 fully saturated rings.